The highest BCUT2D eigenvalue weighted by atomic mass is 16.4. The van der Waals surface area contributed by atoms with Crippen molar-refractivity contribution in [2.75, 3.05) is 0 Å². The number of aliphatic carboxylic acids is 1. The Balaban J connectivity index is 1.76. The lowest BCUT2D eigenvalue weighted by molar-refractivity contribution is -0.143. The van der Waals surface area contributed by atoms with Gasteiger partial charge in [0.1, 0.15) is 0 Å². The first-order valence-corrected chi connectivity index (χ1v) is 7.57. The van der Waals surface area contributed by atoms with Crippen LogP contribution in [0.5, 0.6) is 0 Å². The Hall–Kier alpha value is -1.31. The minimum Gasteiger partial charge on any atom is -0.481 e. The van der Waals surface area contributed by atoms with Crippen LogP contribution in [0.2, 0.25) is 0 Å². The Morgan fingerprint density at radius 2 is 1.89 bits per heavy atom. The number of carboxylic acid groups (broad SMARTS) is 1. The second-order valence-corrected chi connectivity index (χ2v) is 6.15. The predicted octanol–water partition coefficient (Wildman–Crippen LogP) is 3.61. The normalized spacial score (nSPS) is 20.4. The monoisotopic (exact) mass is 258 g/mol. The molecule has 1 aromatic carbocycles. The van der Waals surface area contributed by atoms with E-state index in [4.69, 9.17) is 0 Å². The van der Waals surface area contributed by atoms with Crippen molar-refractivity contribution < 1.29 is 9.90 Å². The molecule has 2 heteroatoms. The summed E-state index contributed by atoms with van der Waals surface area (Å²) in [5, 5.41) is 9.49. The van der Waals surface area contributed by atoms with Gasteiger partial charge in [-0.25, -0.2) is 0 Å². The first-order valence-electron chi connectivity index (χ1n) is 7.57. The fraction of sp³-hybridized carbons (Fsp3) is 0.588. The third-order valence-corrected chi connectivity index (χ3v) is 4.90. The largest absolute Gasteiger partial charge is 0.481 e. The second kappa shape index (κ2) is 5.36. The molecule has 1 fully saturated rings. The van der Waals surface area contributed by atoms with E-state index in [1.807, 2.05) is 0 Å². The van der Waals surface area contributed by atoms with Crippen molar-refractivity contribution in [1.29, 1.82) is 0 Å². The van der Waals surface area contributed by atoms with Crippen LogP contribution in [-0.2, 0) is 24.1 Å². The summed E-state index contributed by atoms with van der Waals surface area (Å²) in [4.78, 5) is 11.5. The van der Waals surface area contributed by atoms with E-state index in [0.29, 0.717) is 12.3 Å². The Morgan fingerprint density at radius 3 is 2.63 bits per heavy atom. The maximum atomic E-state index is 11.5. The number of carboxylic acids is 1. The quantitative estimate of drug-likeness (QED) is 0.895. The van der Waals surface area contributed by atoms with Gasteiger partial charge in [0.2, 0.25) is 0 Å². The van der Waals surface area contributed by atoms with Gasteiger partial charge in [-0.05, 0) is 61.1 Å². The van der Waals surface area contributed by atoms with Crippen LogP contribution in [0, 0.1) is 11.8 Å². The Bertz CT molecular complexity index is 472. The number of carbonyl (C=O) groups is 1. The number of hydrogen-bond donors (Lipinski definition) is 1. The zero-order valence-electron chi connectivity index (χ0n) is 11.4. The van der Waals surface area contributed by atoms with E-state index in [1.54, 1.807) is 0 Å². The molecule has 0 spiro atoms. The molecule has 0 aliphatic heterocycles. The zero-order valence-corrected chi connectivity index (χ0v) is 11.4. The number of fused-ring (bicyclic) bond motifs is 1. The van der Waals surface area contributed by atoms with Crippen molar-refractivity contribution in [3.8, 4) is 0 Å². The van der Waals surface area contributed by atoms with E-state index in [2.05, 4.69) is 18.2 Å². The van der Waals surface area contributed by atoms with Crippen molar-refractivity contribution >= 4 is 5.97 Å². The minimum atomic E-state index is -0.604. The van der Waals surface area contributed by atoms with Gasteiger partial charge in [0.05, 0.1) is 5.92 Å². The molecule has 3 rings (SSSR count). The van der Waals surface area contributed by atoms with Crippen LogP contribution in [0.3, 0.4) is 0 Å². The molecule has 2 aliphatic carbocycles. The van der Waals surface area contributed by atoms with Crippen LogP contribution in [0.15, 0.2) is 18.2 Å². The number of hydrogen-bond acceptors (Lipinski definition) is 1. The summed E-state index contributed by atoms with van der Waals surface area (Å²) in [5.74, 6) is -0.389. The summed E-state index contributed by atoms with van der Waals surface area (Å²) in [7, 11) is 0. The van der Waals surface area contributed by atoms with Gasteiger partial charge in [0.25, 0.3) is 0 Å². The summed E-state index contributed by atoms with van der Waals surface area (Å²) >= 11 is 0. The summed E-state index contributed by atoms with van der Waals surface area (Å²) in [5.41, 5.74) is 4.14. The molecule has 0 bridgehead atoms. The van der Waals surface area contributed by atoms with Crippen molar-refractivity contribution in [1.82, 2.24) is 0 Å². The highest BCUT2D eigenvalue weighted by Gasteiger charge is 2.30. The van der Waals surface area contributed by atoms with Crippen LogP contribution < -0.4 is 0 Å². The van der Waals surface area contributed by atoms with Gasteiger partial charge in [-0.3, -0.25) is 4.79 Å². The van der Waals surface area contributed by atoms with Gasteiger partial charge in [-0.1, -0.05) is 31.0 Å². The number of benzene rings is 1. The molecule has 102 valence electrons. The van der Waals surface area contributed by atoms with Gasteiger partial charge in [-0.2, -0.15) is 0 Å². The first-order chi connectivity index (χ1) is 9.24. The molecule has 0 aromatic heterocycles. The SMILES string of the molecule is O=C(O)C(Cc1ccc2c(c1)CCC2)C1CCCC1. The third kappa shape index (κ3) is 2.68. The summed E-state index contributed by atoms with van der Waals surface area (Å²) in [6, 6.07) is 6.62. The zero-order chi connectivity index (χ0) is 13.2. The third-order valence-electron chi connectivity index (χ3n) is 4.90. The van der Waals surface area contributed by atoms with Crippen LogP contribution in [0.4, 0.5) is 0 Å². The van der Waals surface area contributed by atoms with Gasteiger partial charge in [0, 0.05) is 0 Å². The maximum Gasteiger partial charge on any atom is 0.307 e. The lowest BCUT2D eigenvalue weighted by Crippen LogP contribution is -2.24. The van der Waals surface area contributed by atoms with Crippen LogP contribution in [0.25, 0.3) is 0 Å². The Kier molecular flexibility index (Phi) is 3.58. The molecule has 1 atom stereocenters. The average molecular weight is 258 g/mol. The second-order valence-electron chi connectivity index (χ2n) is 6.15. The molecule has 1 unspecified atom stereocenters. The molecule has 0 amide bonds. The van der Waals surface area contributed by atoms with Crippen LogP contribution in [-0.4, -0.2) is 11.1 Å². The number of aryl methyl sites for hydroxylation is 2. The first kappa shape index (κ1) is 12.7. The lowest BCUT2D eigenvalue weighted by atomic mass is 9.85. The van der Waals surface area contributed by atoms with E-state index in [1.165, 1.54) is 48.8 Å². The van der Waals surface area contributed by atoms with E-state index in [9.17, 15) is 9.90 Å². The molecule has 2 aliphatic rings. The molecule has 2 nitrogen and oxygen atoms in total. The van der Waals surface area contributed by atoms with Crippen molar-refractivity contribution in [2.45, 2.75) is 51.4 Å². The van der Waals surface area contributed by atoms with Gasteiger partial charge in [-0.15, -0.1) is 0 Å². The molecule has 1 aromatic rings. The fourth-order valence-corrected chi connectivity index (χ4v) is 3.82. The van der Waals surface area contributed by atoms with Gasteiger partial charge < -0.3 is 5.11 Å². The molecular weight excluding hydrogens is 236 g/mol. The lowest BCUT2D eigenvalue weighted by Gasteiger charge is -2.19. The van der Waals surface area contributed by atoms with Crippen LogP contribution >= 0.6 is 0 Å². The molecule has 1 saturated carbocycles. The van der Waals surface area contributed by atoms with E-state index < -0.39 is 5.97 Å². The standard InChI is InChI=1S/C17H22O2/c18-17(19)16(14-4-1-2-5-14)11-12-8-9-13-6-3-7-15(13)10-12/h8-10,14,16H,1-7,11H2,(H,18,19). The summed E-state index contributed by atoms with van der Waals surface area (Å²) < 4.78 is 0. The summed E-state index contributed by atoms with van der Waals surface area (Å²) in [6.07, 6.45) is 8.95. The minimum absolute atomic E-state index is 0.179. The topological polar surface area (TPSA) is 37.3 Å². The Labute approximate surface area is 114 Å². The molecule has 0 saturated heterocycles. The summed E-state index contributed by atoms with van der Waals surface area (Å²) in [6.45, 7) is 0. The van der Waals surface area contributed by atoms with E-state index in [-0.39, 0.29) is 5.92 Å². The van der Waals surface area contributed by atoms with E-state index in [0.717, 1.165) is 12.8 Å². The fourth-order valence-electron chi connectivity index (χ4n) is 3.82. The van der Waals surface area contributed by atoms with Crippen molar-refractivity contribution in [2.24, 2.45) is 11.8 Å². The highest BCUT2D eigenvalue weighted by molar-refractivity contribution is 5.71. The van der Waals surface area contributed by atoms with E-state index >= 15 is 0 Å². The molecule has 19 heavy (non-hydrogen) atoms. The number of rotatable bonds is 4. The maximum absolute atomic E-state index is 11.5. The predicted molar refractivity (Wildman–Crippen MR) is 75.3 cm³/mol. The molecular formula is C17H22O2. The van der Waals surface area contributed by atoms with Crippen molar-refractivity contribution in [3.63, 3.8) is 0 Å². The van der Waals surface area contributed by atoms with Gasteiger partial charge >= 0.3 is 5.97 Å². The highest BCUT2D eigenvalue weighted by Crippen LogP contribution is 2.34. The smallest absolute Gasteiger partial charge is 0.307 e. The van der Waals surface area contributed by atoms with Crippen LogP contribution in [0.1, 0.15) is 48.8 Å². The molecule has 0 radical (unpaired) electrons. The van der Waals surface area contributed by atoms with Gasteiger partial charge in [0.15, 0.2) is 0 Å². The molecule has 1 N–H and O–H groups in total. The average Bonchev–Trinajstić information content (AvgIpc) is 3.06. The Morgan fingerprint density at radius 1 is 1.16 bits per heavy atom. The molecule has 0 heterocycles. The van der Waals surface area contributed by atoms with Crippen molar-refractivity contribution in [3.05, 3.63) is 34.9 Å².